The lowest BCUT2D eigenvalue weighted by molar-refractivity contribution is 0.00382. The van der Waals surface area contributed by atoms with E-state index in [0.29, 0.717) is 18.4 Å². The van der Waals surface area contributed by atoms with E-state index >= 15 is 0 Å². The van der Waals surface area contributed by atoms with Gasteiger partial charge in [-0.25, -0.2) is 9.59 Å². The van der Waals surface area contributed by atoms with Gasteiger partial charge in [0, 0.05) is 18.0 Å². The number of nitrogens with two attached hydrogens (primary N) is 1. The fourth-order valence-electron chi connectivity index (χ4n) is 3.35. The number of hydrogen-bond acceptors (Lipinski definition) is 11. The quantitative estimate of drug-likeness (QED) is 0.450. The molecule has 0 spiro atoms. The van der Waals surface area contributed by atoms with Crippen molar-refractivity contribution in [2.24, 2.45) is 10.4 Å². The van der Waals surface area contributed by atoms with Crippen molar-refractivity contribution in [3.05, 3.63) is 77.3 Å². The lowest BCUT2D eigenvalue weighted by Crippen LogP contribution is -2.33. The summed E-state index contributed by atoms with van der Waals surface area (Å²) in [5.74, 6) is 0.186. The maximum atomic E-state index is 11.6. The molecule has 1 fully saturated rings. The number of rotatable bonds is 6. The monoisotopic (exact) mass is 461 g/mol. The van der Waals surface area contributed by atoms with E-state index in [0.717, 1.165) is 0 Å². The number of aromatic amines is 1. The molecule has 0 aromatic carbocycles. The van der Waals surface area contributed by atoms with Crippen molar-refractivity contribution in [1.82, 2.24) is 19.1 Å². The number of hydrogen-bond donors (Lipinski definition) is 2. The van der Waals surface area contributed by atoms with Gasteiger partial charge in [0.25, 0.3) is 5.56 Å². The lowest BCUT2D eigenvalue weighted by atomic mass is 10.2. The third kappa shape index (κ3) is 5.93. The topological polar surface area (TPSA) is 193 Å². The van der Waals surface area contributed by atoms with Crippen molar-refractivity contribution in [2.45, 2.75) is 44.4 Å². The summed E-state index contributed by atoms with van der Waals surface area (Å²) in [4.78, 5) is 60.2. The molecule has 4 atom stereocenters. The molecule has 2 aromatic rings. The smallest absolute Gasteiger partial charge is 0.351 e. The van der Waals surface area contributed by atoms with Crippen LogP contribution in [0.3, 0.4) is 0 Å². The predicted molar refractivity (Wildman–Crippen MR) is 116 cm³/mol. The van der Waals surface area contributed by atoms with Crippen LogP contribution < -0.4 is 22.7 Å². The van der Waals surface area contributed by atoms with Crippen LogP contribution in [0.15, 0.2) is 55.3 Å². The molecule has 0 saturated carbocycles. The third-order valence-corrected chi connectivity index (χ3v) is 5.00. The normalized spacial score (nSPS) is 23.7. The Kier molecular flexibility index (Phi) is 7.74. The van der Waals surface area contributed by atoms with Crippen molar-refractivity contribution < 1.29 is 9.47 Å². The number of nitroso groups, excluding NO2 is 2. The maximum absolute atomic E-state index is 11.6. The summed E-state index contributed by atoms with van der Waals surface area (Å²) < 4.78 is 13.5. The number of nitrogens with one attached hydrogen (secondary N) is 1. The molecule has 1 saturated heterocycles. The van der Waals surface area contributed by atoms with E-state index in [1.807, 2.05) is 0 Å². The van der Waals surface area contributed by atoms with Gasteiger partial charge >= 0.3 is 11.4 Å². The van der Waals surface area contributed by atoms with Crippen molar-refractivity contribution in [3.8, 4) is 0 Å². The van der Waals surface area contributed by atoms with E-state index in [1.54, 1.807) is 25.3 Å². The van der Waals surface area contributed by atoms with E-state index < -0.39 is 29.3 Å². The molecule has 2 aromatic heterocycles. The summed E-state index contributed by atoms with van der Waals surface area (Å²) in [5, 5.41) is 5.51. The number of aryl methyl sites for hydroxylation is 1. The van der Waals surface area contributed by atoms with Gasteiger partial charge in [0.1, 0.15) is 31.2 Å². The van der Waals surface area contributed by atoms with Gasteiger partial charge in [0.15, 0.2) is 6.23 Å². The molecule has 14 nitrogen and oxygen atoms in total. The highest BCUT2D eigenvalue weighted by Gasteiger charge is 2.27. The minimum absolute atomic E-state index is 0.00405. The molecule has 3 N–H and O–H groups in total. The second-order valence-electron chi connectivity index (χ2n) is 7.38. The molecule has 0 radical (unpaired) electrons. The summed E-state index contributed by atoms with van der Waals surface area (Å²) in [6, 6.07) is 1.54. The van der Waals surface area contributed by atoms with Gasteiger partial charge in [-0.05, 0) is 31.9 Å². The lowest BCUT2D eigenvalue weighted by Gasteiger charge is -2.14. The first-order valence-corrected chi connectivity index (χ1v) is 10.1. The number of nitrogens with zero attached hydrogens (tertiary/aromatic N) is 5. The molecular weight excluding hydrogens is 438 g/mol. The fourth-order valence-corrected chi connectivity index (χ4v) is 3.35. The van der Waals surface area contributed by atoms with Gasteiger partial charge in [0.2, 0.25) is 0 Å². The van der Waals surface area contributed by atoms with Crippen LogP contribution in [-0.2, 0) is 9.47 Å². The largest absolute Gasteiger partial charge is 0.383 e. The molecule has 2 aliphatic heterocycles. The van der Waals surface area contributed by atoms with Crippen LogP contribution in [0.1, 0.15) is 30.9 Å². The Hall–Kier alpha value is -3.78. The average Bonchev–Trinajstić information content (AvgIpc) is 3.42. The van der Waals surface area contributed by atoms with E-state index in [4.69, 9.17) is 15.2 Å². The van der Waals surface area contributed by atoms with Gasteiger partial charge in [-0.15, -0.1) is 0 Å². The van der Waals surface area contributed by atoms with Crippen molar-refractivity contribution in [3.63, 3.8) is 0 Å². The van der Waals surface area contributed by atoms with Crippen LogP contribution >= 0.6 is 0 Å². The third-order valence-electron chi connectivity index (χ3n) is 5.00. The zero-order valence-corrected chi connectivity index (χ0v) is 17.7. The van der Waals surface area contributed by atoms with E-state index in [-0.39, 0.29) is 31.2 Å². The Bertz CT molecular complexity index is 1200. The zero-order valence-electron chi connectivity index (χ0n) is 17.7. The van der Waals surface area contributed by atoms with Crippen LogP contribution in [0.2, 0.25) is 0 Å². The average molecular weight is 461 g/mol. The Morgan fingerprint density at radius 3 is 2.58 bits per heavy atom. The highest BCUT2D eigenvalue weighted by Crippen LogP contribution is 2.27. The molecule has 176 valence electrons. The molecule has 2 aliphatic rings. The van der Waals surface area contributed by atoms with E-state index in [9.17, 15) is 24.2 Å². The first-order valence-electron chi connectivity index (χ1n) is 10.1. The predicted octanol–water partition coefficient (Wildman–Crippen LogP) is 0.335. The maximum Gasteiger partial charge on any atom is 0.351 e. The Labute approximate surface area is 186 Å². The summed E-state index contributed by atoms with van der Waals surface area (Å²) in [6.45, 7) is 1.72. The zero-order chi connectivity index (χ0) is 24.0. The summed E-state index contributed by atoms with van der Waals surface area (Å²) in [7, 11) is 0. The molecule has 33 heavy (non-hydrogen) atoms. The fraction of sp³-hybridized carbons (Fsp3) is 0.474. The molecule has 0 bridgehead atoms. The standard InChI is InChI=1S/C10H11N3O4.C9H12N4O3/c1-6-5-13(10(15)12-9(6)14)8-3-2-7(17-8)4-11-16;10-7-3-4-13(9(14)12-7)8-2-1-6(16-8)5-11-15/h2-3,5,7-8H,4H2,1H3,(H,12,14,15);3-4,6,8H,1-2,5H2,(H2,10,12,14). The van der Waals surface area contributed by atoms with Crippen LogP contribution in [0.5, 0.6) is 0 Å². The number of nitrogen functional groups attached to an aromatic ring is 1. The minimum atomic E-state index is -0.607. The van der Waals surface area contributed by atoms with Crippen LogP contribution in [-0.4, -0.2) is 44.4 Å². The molecule has 4 rings (SSSR count). The van der Waals surface area contributed by atoms with Gasteiger partial charge in [-0.1, -0.05) is 16.4 Å². The Balaban J connectivity index is 0.000000186. The highest BCUT2D eigenvalue weighted by molar-refractivity contribution is 5.23. The Morgan fingerprint density at radius 2 is 1.88 bits per heavy atom. The van der Waals surface area contributed by atoms with Crippen molar-refractivity contribution >= 4 is 5.82 Å². The number of H-pyrrole nitrogens is 1. The number of aromatic nitrogens is 4. The van der Waals surface area contributed by atoms with Gasteiger partial charge < -0.3 is 15.2 Å². The molecule has 4 heterocycles. The van der Waals surface area contributed by atoms with Gasteiger partial charge in [-0.2, -0.15) is 14.8 Å². The number of anilines is 1. The van der Waals surface area contributed by atoms with Crippen LogP contribution in [0.25, 0.3) is 0 Å². The molecular formula is C19H23N7O7. The molecule has 0 aliphatic carbocycles. The van der Waals surface area contributed by atoms with E-state index in [2.05, 4.69) is 20.3 Å². The molecule has 4 unspecified atom stereocenters. The molecule has 14 heteroatoms. The molecule has 0 amide bonds. The van der Waals surface area contributed by atoms with Gasteiger partial charge in [-0.3, -0.25) is 18.9 Å². The van der Waals surface area contributed by atoms with Crippen LogP contribution in [0.4, 0.5) is 5.82 Å². The van der Waals surface area contributed by atoms with Gasteiger partial charge in [0.05, 0.1) is 6.10 Å². The summed E-state index contributed by atoms with van der Waals surface area (Å²) >= 11 is 0. The number of ether oxygens (including phenoxy) is 2. The summed E-state index contributed by atoms with van der Waals surface area (Å²) in [6.07, 6.45) is 6.08. The van der Waals surface area contributed by atoms with Crippen molar-refractivity contribution in [1.29, 1.82) is 0 Å². The van der Waals surface area contributed by atoms with Crippen LogP contribution in [0, 0.1) is 16.7 Å². The SMILES string of the molecule is Cc1cn(C2C=CC(CN=O)O2)c(=O)[nH]c1=O.Nc1ccn(C2CCC(CN=O)O2)c(=O)n1. The highest BCUT2D eigenvalue weighted by atomic mass is 16.5. The summed E-state index contributed by atoms with van der Waals surface area (Å²) in [5.41, 5.74) is 4.39. The first-order chi connectivity index (χ1) is 15.8. The Morgan fingerprint density at radius 1 is 1.12 bits per heavy atom. The van der Waals surface area contributed by atoms with Crippen molar-refractivity contribution in [2.75, 3.05) is 18.8 Å². The van der Waals surface area contributed by atoms with E-state index in [1.165, 1.54) is 21.4 Å². The second-order valence-corrected chi connectivity index (χ2v) is 7.38. The minimum Gasteiger partial charge on any atom is -0.383 e. The second kappa shape index (κ2) is 10.7. The first kappa shape index (κ1) is 23.9.